The van der Waals surface area contributed by atoms with Crippen molar-refractivity contribution in [1.82, 2.24) is 10.2 Å². The maximum Gasteiger partial charge on any atom is 0.317 e. The van der Waals surface area contributed by atoms with E-state index in [4.69, 9.17) is 16.7 Å². The Hall–Kier alpha value is -2.19. The van der Waals surface area contributed by atoms with Crippen LogP contribution in [-0.2, 0) is 4.79 Å². The van der Waals surface area contributed by atoms with Crippen molar-refractivity contribution < 1.29 is 19.6 Å². The molecule has 0 bridgehead atoms. The summed E-state index contributed by atoms with van der Waals surface area (Å²) in [5, 5.41) is 23.2. The predicted molar refractivity (Wildman–Crippen MR) is 94.3 cm³/mol. The Labute approximate surface area is 155 Å². The molecule has 0 saturated heterocycles. The average molecular weight is 382 g/mol. The monoisotopic (exact) mass is 381 g/mol. The van der Waals surface area contributed by atoms with Crippen molar-refractivity contribution in [3.63, 3.8) is 0 Å². The molecule has 1 amide bonds. The van der Waals surface area contributed by atoms with Gasteiger partial charge in [-0.25, -0.2) is 0 Å². The zero-order chi connectivity index (χ0) is 18.8. The highest BCUT2D eigenvalue weighted by atomic mass is 35.5. The number of aliphatic carboxylic acids is 1. The Bertz CT molecular complexity index is 731. The van der Waals surface area contributed by atoms with E-state index >= 15 is 0 Å². The maximum absolute atomic E-state index is 12.4. The number of nitro groups is 1. The molecule has 0 aromatic heterocycles. The highest BCUT2D eigenvalue weighted by Crippen LogP contribution is 2.34. The van der Waals surface area contributed by atoms with Gasteiger partial charge in [-0.05, 0) is 43.7 Å². The van der Waals surface area contributed by atoms with Crippen LogP contribution in [0.3, 0.4) is 0 Å². The molecule has 0 atom stereocenters. The fourth-order valence-electron chi connectivity index (χ4n) is 3.26. The third kappa shape index (κ3) is 4.50. The van der Waals surface area contributed by atoms with Crippen molar-refractivity contribution in [2.75, 3.05) is 13.1 Å². The molecule has 3 rings (SSSR count). The molecule has 2 N–H and O–H groups in total. The Balaban J connectivity index is 1.58. The Morgan fingerprint density at radius 3 is 2.62 bits per heavy atom. The van der Waals surface area contributed by atoms with Gasteiger partial charge in [0.25, 0.3) is 11.6 Å². The lowest BCUT2D eigenvalue weighted by atomic mass is 9.85. The molecule has 140 valence electrons. The molecule has 0 spiro atoms. The van der Waals surface area contributed by atoms with Crippen LogP contribution >= 0.6 is 11.6 Å². The first-order valence-corrected chi connectivity index (χ1v) is 8.92. The van der Waals surface area contributed by atoms with Gasteiger partial charge in [0.05, 0.1) is 11.5 Å². The number of carboxylic acids is 1. The number of amides is 1. The van der Waals surface area contributed by atoms with Gasteiger partial charge >= 0.3 is 5.97 Å². The number of hydrogen-bond acceptors (Lipinski definition) is 5. The Morgan fingerprint density at radius 2 is 2.04 bits per heavy atom. The zero-order valence-electron chi connectivity index (χ0n) is 14.1. The number of nitro benzene ring substituents is 1. The lowest BCUT2D eigenvalue weighted by Crippen LogP contribution is -2.55. The van der Waals surface area contributed by atoms with Crippen molar-refractivity contribution in [2.24, 2.45) is 5.92 Å². The van der Waals surface area contributed by atoms with Crippen LogP contribution in [0.5, 0.6) is 0 Å². The number of benzene rings is 1. The zero-order valence-corrected chi connectivity index (χ0v) is 14.8. The van der Waals surface area contributed by atoms with Crippen LogP contribution in [0, 0.1) is 16.0 Å². The Morgan fingerprint density at radius 1 is 1.35 bits per heavy atom. The number of carboxylic acid groups (broad SMARTS) is 1. The molecular weight excluding hydrogens is 362 g/mol. The highest BCUT2D eigenvalue weighted by Gasteiger charge is 2.38. The molecule has 26 heavy (non-hydrogen) atoms. The fourth-order valence-corrected chi connectivity index (χ4v) is 3.44. The van der Waals surface area contributed by atoms with Crippen LogP contribution in [0.15, 0.2) is 18.2 Å². The third-order valence-electron chi connectivity index (χ3n) is 4.89. The second kappa shape index (κ2) is 7.59. The van der Waals surface area contributed by atoms with Gasteiger partial charge in [0.2, 0.25) is 0 Å². The van der Waals surface area contributed by atoms with Gasteiger partial charge in [0.1, 0.15) is 5.56 Å². The number of hydrogen-bond donors (Lipinski definition) is 2. The fraction of sp³-hybridized carbons (Fsp3) is 0.529. The van der Waals surface area contributed by atoms with E-state index in [1.54, 1.807) is 0 Å². The minimum atomic E-state index is -0.854. The van der Waals surface area contributed by atoms with Crippen LogP contribution in [0.4, 0.5) is 5.69 Å². The smallest absolute Gasteiger partial charge is 0.317 e. The molecule has 0 radical (unpaired) electrons. The van der Waals surface area contributed by atoms with Gasteiger partial charge in [-0.2, -0.15) is 0 Å². The van der Waals surface area contributed by atoms with E-state index in [1.165, 1.54) is 18.2 Å². The summed E-state index contributed by atoms with van der Waals surface area (Å²) in [6, 6.07) is 3.87. The molecular formula is C17H20ClN3O5. The first kappa shape index (κ1) is 18.6. The summed E-state index contributed by atoms with van der Waals surface area (Å²) in [6.07, 6.45) is 3.56. The normalized spacial score (nSPS) is 21.9. The van der Waals surface area contributed by atoms with Crippen LogP contribution in [-0.4, -0.2) is 52.0 Å². The summed E-state index contributed by atoms with van der Waals surface area (Å²) in [7, 11) is 0. The largest absolute Gasteiger partial charge is 0.480 e. The lowest BCUT2D eigenvalue weighted by molar-refractivity contribution is -0.385. The van der Waals surface area contributed by atoms with Gasteiger partial charge in [-0.15, -0.1) is 0 Å². The molecule has 9 heteroatoms. The molecule has 0 unspecified atom stereocenters. The van der Waals surface area contributed by atoms with E-state index in [-0.39, 0.29) is 34.9 Å². The minimum Gasteiger partial charge on any atom is -0.480 e. The molecule has 0 heterocycles. The molecule has 0 aliphatic heterocycles. The van der Waals surface area contributed by atoms with E-state index < -0.39 is 16.8 Å². The summed E-state index contributed by atoms with van der Waals surface area (Å²) in [5.74, 6) is -0.806. The predicted octanol–water partition coefficient (Wildman–Crippen LogP) is 2.31. The van der Waals surface area contributed by atoms with E-state index in [9.17, 15) is 19.7 Å². The first-order chi connectivity index (χ1) is 12.3. The SMILES string of the molecule is O=C(O)CN(CC1CC1)C1CC(NC(=O)c2cc(Cl)ccc2[N+](=O)[O-])C1. The summed E-state index contributed by atoms with van der Waals surface area (Å²) in [6.45, 7) is 0.777. The average Bonchev–Trinajstić information content (AvgIpc) is 3.32. The van der Waals surface area contributed by atoms with E-state index in [0.29, 0.717) is 18.8 Å². The number of nitrogens with one attached hydrogen (secondary N) is 1. The summed E-state index contributed by atoms with van der Waals surface area (Å²) in [4.78, 5) is 35.9. The molecule has 8 nitrogen and oxygen atoms in total. The third-order valence-corrected chi connectivity index (χ3v) is 5.13. The molecule has 2 aliphatic rings. The quantitative estimate of drug-likeness (QED) is 0.527. The number of carbonyl (C=O) groups is 2. The first-order valence-electron chi connectivity index (χ1n) is 8.54. The van der Waals surface area contributed by atoms with Crippen LogP contribution in [0.1, 0.15) is 36.0 Å². The highest BCUT2D eigenvalue weighted by molar-refractivity contribution is 6.31. The van der Waals surface area contributed by atoms with Gasteiger partial charge in [-0.3, -0.25) is 24.6 Å². The van der Waals surface area contributed by atoms with Crippen molar-refractivity contribution in [3.05, 3.63) is 38.9 Å². The molecule has 1 aromatic carbocycles. The van der Waals surface area contributed by atoms with Gasteiger partial charge in [0, 0.05) is 29.7 Å². The van der Waals surface area contributed by atoms with Gasteiger partial charge < -0.3 is 10.4 Å². The van der Waals surface area contributed by atoms with E-state index in [1.807, 2.05) is 4.90 Å². The number of nitrogens with zero attached hydrogens (tertiary/aromatic N) is 2. The molecule has 2 aliphatic carbocycles. The van der Waals surface area contributed by atoms with Gasteiger partial charge in [-0.1, -0.05) is 11.6 Å². The molecule has 2 saturated carbocycles. The van der Waals surface area contributed by atoms with Crippen molar-refractivity contribution >= 4 is 29.2 Å². The van der Waals surface area contributed by atoms with Gasteiger partial charge in [0.15, 0.2) is 0 Å². The second-order valence-electron chi connectivity index (χ2n) is 6.98. The van der Waals surface area contributed by atoms with Crippen molar-refractivity contribution in [1.29, 1.82) is 0 Å². The summed E-state index contributed by atoms with van der Waals surface area (Å²) >= 11 is 5.85. The van der Waals surface area contributed by atoms with Crippen LogP contribution in [0.2, 0.25) is 5.02 Å². The number of rotatable bonds is 8. The summed E-state index contributed by atoms with van der Waals surface area (Å²) < 4.78 is 0. The number of halogens is 1. The molecule has 1 aromatic rings. The van der Waals surface area contributed by atoms with Crippen molar-refractivity contribution in [3.8, 4) is 0 Å². The lowest BCUT2D eigenvalue weighted by Gasteiger charge is -2.42. The van der Waals surface area contributed by atoms with E-state index in [2.05, 4.69) is 5.32 Å². The number of carbonyl (C=O) groups excluding carboxylic acids is 1. The van der Waals surface area contributed by atoms with Crippen LogP contribution in [0.25, 0.3) is 0 Å². The Kier molecular flexibility index (Phi) is 5.43. The standard InChI is InChI=1S/C17H20ClN3O5/c18-11-3-4-15(21(25)26)14(5-11)17(24)19-12-6-13(7-12)20(9-16(22)23)8-10-1-2-10/h3-5,10,12-13H,1-2,6-9H2,(H,19,24)(H,22,23). The minimum absolute atomic E-state index is 0.00159. The van der Waals surface area contributed by atoms with Crippen molar-refractivity contribution in [2.45, 2.75) is 37.8 Å². The van der Waals surface area contributed by atoms with Crippen LogP contribution < -0.4 is 5.32 Å². The topological polar surface area (TPSA) is 113 Å². The maximum atomic E-state index is 12.4. The second-order valence-corrected chi connectivity index (χ2v) is 7.42. The van der Waals surface area contributed by atoms with E-state index in [0.717, 1.165) is 19.4 Å². The summed E-state index contributed by atoms with van der Waals surface area (Å²) in [5.41, 5.74) is -0.352. The molecule has 2 fully saturated rings.